The van der Waals surface area contributed by atoms with Gasteiger partial charge in [0, 0.05) is 24.5 Å². The van der Waals surface area contributed by atoms with Crippen LogP contribution >= 0.6 is 11.3 Å². The van der Waals surface area contributed by atoms with Crippen LogP contribution in [0, 0.1) is 12.8 Å². The SMILES string of the molecule is CCC(C)CN(CC)S(=O)(=O)c1c(C)csc1CNC. The van der Waals surface area contributed by atoms with E-state index in [0.717, 1.165) is 16.9 Å². The molecule has 1 atom stereocenters. The molecule has 0 saturated carbocycles. The molecule has 4 nitrogen and oxygen atoms in total. The lowest BCUT2D eigenvalue weighted by Crippen LogP contribution is -2.35. The summed E-state index contributed by atoms with van der Waals surface area (Å²) in [5, 5.41) is 4.97. The zero-order valence-corrected chi connectivity index (χ0v) is 14.7. The summed E-state index contributed by atoms with van der Waals surface area (Å²) in [5.41, 5.74) is 0.850. The molecule has 1 rings (SSSR count). The van der Waals surface area contributed by atoms with Crippen LogP contribution in [-0.4, -0.2) is 32.9 Å². The van der Waals surface area contributed by atoms with E-state index >= 15 is 0 Å². The molecule has 0 saturated heterocycles. The molecule has 1 unspecified atom stereocenters. The number of nitrogens with zero attached hydrogens (tertiary/aromatic N) is 1. The van der Waals surface area contributed by atoms with Gasteiger partial charge in [-0.2, -0.15) is 4.31 Å². The van der Waals surface area contributed by atoms with Crippen molar-refractivity contribution < 1.29 is 8.42 Å². The zero-order valence-electron chi connectivity index (χ0n) is 13.1. The third kappa shape index (κ3) is 3.81. The second-order valence-corrected chi connectivity index (χ2v) is 8.01. The van der Waals surface area contributed by atoms with Crippen LogP contribution in [0.2, 0.25) is 0 Å². The van der Waals surface area contributed by atoms with Gasteiger partial charge in [0.05, 0.1) is 0 Å². The lowest BCUT2D eigenvalue weighted by Gasteiger charge is -2.24. The highest BCUT2D eigenvalue weighted by atomic mass is 32.2. The normalized spacial score (nSPS) is 13.9. The Morgan fingerprint density at radius 2 is 2.05 bits per heavy atom. The number of aryl methyl sites for hydroxylation is 1. The Morgan fingerprint density at radius 1 is 1.40 bits per heavy atom. The maximum atomic E-state index is 12.9. The molecule has 1 heterocycles. The number of sulfonamides is 1. The maximum absolute atomic E-state index is 12.9. The minimum absolute atomic E-state index is 0.372. The van der Waals surface area contributed by atoms with Crippen molar-refractivity contribution in [3.63, 3.8) is 0 Å². The van der Waals surface area contributed by atoms with Crippen molar-refractivity contribution >= 4 is 21.4 Å². The smallest absolute Gasteiger partial charge is 0.244 e. The molecular weight excluding hydrogens is 292 g/mol. The summed E-state index contributed by atoms with van der Waals surface area (Å²) in [7, 11) is -1.56. The Labute approximate surface area is 127 Å². The van der Waals surface area contributed by atoms with Crippen molar-refractivity contribution in [1.29, 1.82) is 0 Å². The average Bonchev–Trinajstić information content (AvgIpc) is 2.77. The van der Waals surface area contributed by atoms with E-state index in [1.807, 2.05) is 26.3 Å². The van der Waals surface area contributed by atoms with Crippen LogP contribution in [-0.2, 0) is 16.6 Å². The van der Waals surface area contributed by atoms with Crippen LogP contribution in [0.3, 0.4) is 0 Å². The van der Waals surface area contributed by atoms with E-state index in [0.29, 0.717) is 30.4 Å². The molecule has 0 amide bonds. The van der Waals surface area contributed by atoms with E-state index in [1.54, 1.807) is 4.31 Å². The van der Waals surface area contributed by atoms with Crippen molar-refractivity contribution in [2.75, 3.05) is 20.1 Å². The lowest BCUT2D eigenvalue weighted by atomic mass is 10.1. The average molecular weight is 319 g/mol. The molecule has 0 fully saturated rings. The summed E-state index contributed by atoms with van der Waals surface area (Å²) in [6, 6.07) is 0. The van der Waals surface area contributed by atoms with Crippen molar-refractivity contribution in [3.8, 4) is 0 Å². The van der Waals surface area contributed by atoms with Gasteiger partial charge in [-0.1, -0.05) is 27.2 Å². The second kappa shape index (κ2) is 7.54. The van der Waals surface area contributed by atoms with Crippen molar-refractivity contribution in [1.82, 2.24) is 9.62 Å². The summed E-state index contributed by atoms with van der Waals surface area (Å²) in [4.78, 5) is 1.40. The highest BCUT2D eigenvalue weighted by molar-refractivity contribution is 7.89. The van der Waals surface area contributed by atoms with Gasteiger partial charge < -0.3 is 5.32 Å². The summed E-state index contributed by atoms with van der Waals surface area (Å²) in [5.74, 6) is 0.372. The first-order valence-corrected chi connectivity index (χ1v) is 9.42. The Hall–Kier alpha value is -0.430. The molecule has 20 heavy (non-hydrogen) atoms. The van der Waals surface area contributed by atoms with E-state index in [4.69, 9.17) is 0 Å². The molecule has 1 aromatic heterocycles. The monoisotopic (exact) mass is 318 g/mol. The first-order valence-electron chi connectivity index (χ1n) is 7.10. The van der Waals surface area contributed by atoms with E-state index < -0.39 is 10.0 Å². The van der Waals surface area contributed by atoms with Gasteiger partial charge in [0.25, 0.3) is 0 Å². The fraction of sp³-hybridized carbons (Fsp3) is 0.714. The van der Waals surface area contributed by atoms with Gasteiger partial charge in [-0.05, 0) is 30.8 Å². The Morgan fingerprint density at radius 3 is 2.55 bits per heavy atom. The van der Waals surface area contributed by atoms with Gasteiger partial charge >= 0.3 is 0 Å². The molecule has 0 aliphatic carbocycles. The zero-order chi connectivity index (χ0) is 15.3. The fourth-order valence-electron chi connectivity index (χ4n) is 2.12. The summed E-state index contributed by atoms with van der Waals surface area (Å²) >= 11 is 1.51. The van der Waals surface area contributed by atoms with Gasteiger partial charge in [-0.3, -0.25) is 0 Å². The van der Waals surface area contributed by atoms with Crippen molar-refractivity contribution in [2.45, 2.75) is 45.6 Å². The Kier molecular flexibility index (Phi) is 6.64. The molecule has 0 aromatic carbocycles. The van der Waals surface area contributed by atoms with Crippen LogP contribution in [0.1, 0.15) is 37.6 Å². The van der Waals surface area contributed by atoms with Crippen LogP contribution in [0.15, 0.2) is 10.3 Å². The fourth-order valence-corrected chi connectivity index (χ4v) is 5.46. The number of hydrogen-bond donors (Lipinski definition) is 1. The number of hydrogen-bond acceptors (Lipinski definition) is 4. The Bertz CT molecular complexity index is 523. The highest BCUT2D eigenvalue weighted by Crippen LogP contribution is 2.30. The minimum atomic E-state index is -3.39. The maximum Gasteiger partial charge on any atom is 0.244 e. The molecular formula is C14H26N2O2S2. The number of rotatable bonds is 8. The Balaban J connectivity index is 3.17. The van der Waals surface area contributed by atoms with Gasteiger partial charge in [0.1, 0.15) is 4.90 Å². The molecule has 6 heteroatoms. The molecule has 1 aromatic rings. The van der Waals surface area contributed by atoms with Gasteiger partial charge in [0.15, 0.2) is 0 Å². The van der Waals surface area contributed by atoms with Crippen LogP contribution in [0.5, 0.6) is 0 Å². The largest absolute Gasteiger partial charge is 0.315 e. The van der Waals surface area contributed by atoms with Gasteiger partial charge in [-0.25, -0.2) is 8.42 Å². The standard InChI is InChI=1S/C14H26N2O2S2/c1-6-11(3)9-16(7-2)20(17,18)14-12(4)10-19-13(14)8-15-5/h10-11,15H,6-9H2,1-5H3. The minimum Gasteiger partial charge on any atom is -0.315 e. The molecule has 0 aliphatic heterocycles. The molecule has 0 bridgehead atoms. The molecule has 0 spiro atoms. The molecule has 0 radical (unpaired) electrons. The highest BCUT2D eigenvalue weighted by Gasteiger charge is 2.29. The molecule has 1 N–H and O–H groups in total. The van der Waals surface area contributed by atoms with E-state index in [2.05, 4.69) is 19.2 Å². The summed E-state index contributed by atoms with van der Waals surface area (Å²) in [6.45, 7) is 9.65. The summed E-state index contributed by atoms with van der Waals surface area (Å²) < 4.78 is 27.4. The predicted molar refractivity (Wildman–Crippen MR) is 85.7 cm³/mol. The van der Waals surface area contributed by atoms with E-state index in [9.17, 15) is 8.42 Å². The quantitative estimate of drug-likeness (QED) is 0.802. The van der Waals surface area contributed by atoms with Gasteiger partial charge in [-0.15, -0.1) is 11.3 Å². The lowest BCUT2D eigenvalue weighted by molar-refractivity contribution is 0.361. The van der Waals surface area contributed by atoms with Crippen molar-refractivity contribution in [3.05, 3.63) is 15.8 Å². The number of nitrogens with one attached hydrogen (secondary N) is 1. The third-order valence-electron chi connectivity index (χ3n) is 3.49. The summed E-state index contributed by atoms with van der Waals surface area (Å²) in [6.07, 6.45) is 0.984. The van der Waals surface area contributed by atoms with Crippen molar-refractivity contribution in [2.24, 2.45) is 5.92 Å². The second-order valence-electron chi connectivity index (χ2n) is 5.17. The first-order chi connectivity index (χ1) is 9.38. The van der Waals surface area contributed by atoms with Crippen LogP contribution in [0.4, 0.5) is 0 Å². The van der Waals surface area contributed by atoms with Crippen LogP contribution in [0.25, 0.3) is 0 Å². The van der Waals surface area contributed by atoms with Crippen LogP contribution < -0.4 is 5.32 Å². The molecule has 0 aliphatic rings. The third-order valence-corrected chi connectivity index (χ3v) is 6.89. The first kappa shape index (κ1) is 17.6. The van der Waals surface area contributed by atoms with E-state index in [-0.39, 0.29) is 0 Å². The topological polar surface area (TPSA) is 49.4 Å². The van der Waals surface area contributed by atoms with Gasteiger partial charge in [0.2, 0.25) is 10.0 Å². The predicted octanol–water partition coefficient (Wildman–Crippen LogP) is 2.83. The van der Waals surface area contributed by atoms with E-state index in [1.165, 1.54) is 11.3 Å². The number of thiophene rings is 1. The molecule has 116 valence electrons.